The Labute approximate surface area is 196 Å². The average Bonchev–Trinajstić information content (AvgIpc) is 3.20. The highest BCUT2D eigenvalue weighted by molar-refractivity contribution is 6.08. The largest absolute Gasteiger partial charge is 0.508 e. The number of piperidine rings is 1. The van der Waals surface area contributed by atoms with Gasteiger partial charge in [-0.25, -0.2) is 0 Å². The lowest BCUT2D eigenvalue weighted by molar-refractivity contribution is -0.120. The molecule has 1 aromatic heterocycles. The van der Waals surface area contributed by atoms with Crippen molar-refractivity contribution in [1.29, 1.82) is 0 Å². The highest BCUT2D eigenvalue weighted by atomic mass is 16.3. The van der Waals surface area contributed by atoms with Crippen LogP contribution in [0.4, 0.5) is 0 Å². The molecule has 1 N–H and O–H groups in total. The molecule has 0 atom stereocenters. The molecule has 2 aromatic rings. The first kappa shape index (κ1) is 23.5. The Hall–Kier alpha value is -2.66. The second-order valence-electron chi connectivity index (χ2n) is 9.44. The van der Waals surface area contributed by atoms with Crippen molar-refractivity contribution in [2.24, 2.45) is 5.92 Å². The first-order valence-electron chi connectivity index (χ1n) is 12.5. The van der Waals surface area contributed by atoms with Gasteiger partial charge >= 0.3 is 0 Å². The first-order chi connectivity index (χ1) is 16.1. The van der Waals surface area contributed by atoms with E-state index in [2.05, 4.69) is 28.5 Å². The molecule has 33 heavy (non-hydrogen) atoms. The number of ketones is 2. The third-order valence-corrected chi connectivity index (χ3v) is 7.03. The van der Waals surface area contributed by atoms with Crippen LogP contribution in [0, 0.1) is 5.92 Å². The van der Waals surface area contributed by atoms with E-state index in [-0.39, 0.29) is 17.5 Å². The zero-order chi connectivity index (χ0) is 23.2. The quantitative estimate of drug-likeness (QED) is 0.476. The zero-order valence-corrected chi connectivity index (χ0v) is 19.8. The third-order valence-electron chi connectivity index (χ3n) is 7.03. The normalized spacial score (nSPS) is 17.4. The van der Waals surface area contributed by atoms with Crippen molar-refractivity contribution >= 4 is 22.5 Å². The summed E-state index contributed by atoms with van der Waals surface area (Å²) in [5.74, 6) is 0.837. The summed E-state index contributed by atoms with van der Waals surface area (Å²) < 4.78 is 2.16. The van der Waals surface area contributed by atoms with Crippen LogP contribution in [0.5, 0.6) is 5.75 Å². The topological polar surface area (TPSA) is 62.5 Å². The van der Waals surface area contributed by atoms with Gasteiger partial charge in [-0.15, -0.1) is 0 Å². The number of hydrogen-bond acceptors (Lipinski definition) is 4. The number of unbranched alkanes of at least 4 members (excludes halogenated alkanes) is 1. The number of phenolic OH excluding ortho intramolecular Hbond substituents is 1. The van der Waals surface area contributed by atoms with Crippen molar-refractivity contribution < 1.29 is 14.7 Å². The number of Topliss-reactive ketones (excluding diaryl/α,β-unsaturated/α-hetero) is 2. The van der Waals surface area contributed by atoms with Crippen LogP contribution in [-0.4, -0.2) is 45.8 Å². The SMILES string of the molecule is CCCCC(=O)c1cn(CCCN2CCC(C(=O)C3=CCCC=C3)CC2)c2ccc(O)cc12. The maximum atomic E-state index is 12.7. The number of rotatable bonds is 10. The van der Waals surface area contributed by atoms with Gasteiger partial charge in [-0.1, -0.05) is 31.6 Å². The third kappa shape index (κ3) is 5.64. The average molecular weight is 449 g/mol. The summed E-state index contributed by atoms with van der Waals surface area (Å²) in [4.78, 5) is 27.9. The standard InChI is InChI=1S/C28H36N2O3/c1-2-3-10-27(32)25-20-30(26-12-11-23(31)19-24(25)26)16-7-15-29-17-13-22(14-18-29)28(33)21-8-5-4-6-9-21/h5,8-9,11-12,19-20,22,31H,2-4,6-7,10,13-18H2,1H3. The van der Waals surface area contributed by atoms with Crippen LogP contribution >= 0.6 is 0 Å². The predicted molar refractivity (Wildman–Crippen MR) is 133 cm³/mol. The molecule has 2 aliphatic rings. The molecule has 0 unspecified atom stereocenters. The van der Waals surface area contributed by atoms with E-state index in [4.69, 9.17) is 0 Å². The molecule has 5 nitrogen and oxygen atoms in total. The summed E-state index contributed by atoms with van der Waals surface area (Å²) in [6.45, 7) is 5.84. The molecule has 0 amide bonds. The smallest absolute Gasteiger partial charge is 0.165 e. The van der Waals surface area contributed by atoms with Crippen LogP contribution in [-0.2, 0) is 11.3 Å². The molecule has 0 saturated carbocycles. The maximum absolute atomic E-state index is 12.7. The number of aromatic nitrogens is 1. The number of allylic oxidation sites excluding steroid dienone is 4. The molecule has 0 spiro atoms. The minimum atomic E-state index is 0.154. The Balaban J connectivity index is 1.32. The van der Waals surface area contributed by atoms with Crippen molar-refractivity contribution in [2.45, 2.75) is 64.8 Å². The van der Waals surface area contributed by atoms with Gasteiger partial charge < -0.3 is 14.6 Å². The van der Waals surface area contributed by atoms with Gasteiger partial charge in [0.15, 0.2) is 11.6 Å². The molecule has 4 rings (SSSR count). The van der Waals surface area contributed by atoms with Crippen molar-refractivity contribution in [3.63, 3.8) is 0 Å². The van der Waals surface area contributed by atoms with E-state index in [0.29, 0.717) is 12.2 Å². The van der Waals surface area contributed by atoms with Gasteiger partial charge in [0, 0.05) is 47.1 Å². The van der Waals surface area contributed by atoms with Crippen molar-refractivity contribution in [3.05, 3.63) is 53.8 Å². The number of nitrogens with zero attached hydrogens (tertiary/aromatic N) is 2. The number of aromatic hydroxyl groups is 1. The van der Waals surface area contributed by atoms with Crippen LogP contribution in [0.25, 0.3) is 10.9 Å². The number of fused-ring (bicyclic) bond motifs is 1. The minimum Gasteiger partial charge on any atom is -0.508 e. The fraction of sp³-hybridized carbons (Fsp3) is 0.500. The zero-order valence-electron chi connectivity index (χ0n) is 19.8. The van der Waals surface area contributed by atoms with Crippen LogP contribution in [0.3, 0.4) is 0 Å². The summed E-state index contributed by atoms with van der Waals surface area (Å²) >= 11 is 0. The lowest BCUT2D eigenvalue weighted by Crippen LogP contribution is -2.37. The van der Waals surface area contributed by atoms with Crippen LogP contribution in [0.15, 0.2) is 48.2 Å². The molecule has 176 valence electrons. The fourth-order valence-electron chi connectivity index (χ4n) is 5.08. The summed E-state index contributed by atoms with van der Waals surface area (Å²) in [5, 5.41) is 10.8. The molecule has 1 aliphatic heterocycles. The van der Waals surface area contributed by atoms with E-state index in [1.807, 2.05) is 18.3 Å². The van der Waals surface area contributed by atoms with E-state index >= 15 is 0 Å². The van der Waals surface area contributed by atoms with Gasteiger partial charge in [-0.05, 0) is 76.4 Å². The summed E-state index contributed by atoms with van der Waals surface area (Å²) in [5.41, 5.74) is 2.64. The number of phenols is 1. The first-order valence-corrected chi connectivity index (χ1v) is 12.5. The highest BCUT2D eigenvalue weighted by Crippen LogP contribution is 2.28. The lowest BCUT2D eigenvalue weighted by atomic mass is 9.87. The van der Waals surface area contributed by atoms with Gasteiger partial charge in [0.25, 0.3) is 0 Å². The molecule has 1 fully saturated rings. The van der Waals surface area contributed by atoms with E-state index in [1.54, 1.807) is 12.1 Å². The molecule has 5 heteroatoms. The predicted octanol–water partition coefficient (Wildman–Crippen LogP) is 5.67. The van der Waals surface area contributed by atoms with E-state index in [1.165, 1.54) is 0 Å². The summed E-state index contributed by atoms with van der Waals surface area (Å²) in [6, 6.07) is 5.31. The maximum Gasteiger partial charge on any atom is 0.165 e. The fourth-order valence-corrected chi connectivity index (χ4v) is 5.08. The van der Waals surface area contributed by atoms with Crippen LogP contribution < -0.4 is 0 Å². The van der Waals surface area contributed by atoms with Crippen LogP contribution in [0.2, 0.25) is 0 Å². The van der Waals surface area contributed by atoms with Crippen molar-refractivity contribution in [3.8, 4) is 5.75 Å². The second-order valence-corrected chi connectivity index (χ2v) is 9.44. The van der Waals surface area contributed by atoms with Gasteiger partial charge in [-0.2, -0.15) is 0 Å². The molecule has 1 saturated heterocycles. The van der Waals surface area contributed by atoms with Gasteiger partial charge in [-0.3, -0.25) is 9.59 Å². The van der Waals surface area contributed by atoms with Gasteiger partial charge in [0.2, 0.25) is 0 Å². The molecule has 2 heterocycles. The van der Waals surface area contributed by atoms with E-state index in [0.717, 1.165) is 93.2 Å². The van der Waals surface area contributed by atoms with E-state index in [9.17, 15) is 14.7 Å². The van der Waals surface area contributed by atoms with Gasteiger partial charge in [0.05, 0.1) is 0 Å². The molecular weight excluding hydrogens is 412 g/mol. The minimum absolute atomic E-state index is 0.154. The molecule has 0 radical (unpaired) electrons. The number of likely N-dealkylation sites (tertiary alicyclic amines) is 1. The molecule has 0 bridgehead atoms. The van der Waals surface area contributed by atoms with Gasteiger partial charge in [0.1, 0.15) is 5.75 Å². The number of hydrogen-bond donors (Lipinski definition) is 1. The number of aryl methyl sites for hydroxylation is 1. The summed E-state index contributed by atoms with van der Waals surface area (Å²) in [6.07, 6.45) is 15.5. The lowest BCUT2D eigenvalue weighted by Gasteiger charge is -2.31. The number of carbonyl (C=O) groups is 2. The highest BCUT2D eigenvalue weighted by Gasteiger charge is 2.26. The Morgan fingerprint density at radius 1 is 1.09 bits per heavy atom. The Kier molecular flexibility index (Phi) is 7.81. The Bertz CT molecular complexity index is 1050. The number of carbonyl (C=O) groups excluding carboxylic acids is 2. The van der Waals surface area contributed by atoms with Crippen molar-refractivity contribution in [1.82, 2.24) is 9.47 Å². The Morgan fingerprint density at radius 2 is 1.91 bits per heavy atom. The Morgan fingerprint density at radius 3 is 2.64 bits per heavy atom. The van der Waals surface area contributed by atoms with Crippen molar-refractivity contribution in [2.75, 3.05) is 19.6 Å². The monoisotopic (exact) mass is 448 g/mol. The van der Waals surface area contributed by atoms with Crippen LogP contribution in [0.1, 0.15) is 68.6 Å². The van der Waals surface area contributed by atoms with E-state index < -0.39 is 0 Å². The second kappa shape index (κ2) is 11.0. The molecule has 1 aliphatic carbocycles. The molecular formula is C28H36N2O3. The molecule has 1 aromatic carbocycles. The number of benzene rings is 1. The summed E-state index contributed by atoms with van der Waals surface area (Å²) in [7, 11) is 0.